The molecule has 170 valence electrons. The summed E-state index contributed by atoms with van der Waals surface area (Å²) in [5.41, 5.74) is 5.15. The van der Waals surface area contributed by atoms with Gasteiger partial charge in [-0.3, -0.25) is 14.9 Å². The second-order valence-electron chi connectivity index (χ2n) is 7.51. The van der Waals surface area contributed by atoms with Gasteiger partial charge in [-0.25, -0.2) is 5.43 Å². The average molecular weight is 518 g/mol. The molecule has 1 N–H and O–H groups in total. The molecule has 0 spiro atoms. The summed E-state index contributed by atoms with van der Waals surface area (Å²) in [5, 5.41) is 17.0. The molecule has 0 aliphatic heterocycles. The van der Waals surface area contributed by atoms with Crippen LogP contribution in [0.25, 0.3) is 10.8 Å². The van der Waals surface area contributed by atoms with Crippen LogP contribution in [0.15, 0.2) is 94.5 Å². The van der Waals surface area contributed by atoms with Gasteiger partial charge in [-0.2, -0.15) is 5.10 Å². The number of carbonyl (C=O) groups excluding carboxylic acids is 1. The summed E-state index contributed by atoms with van der Waals surface area (Å²) in [6, 6.07) is 25.5. The van der Waals surface area contributed by atoms with Crippen LogP contribution in [-0.2, 0) is 17.8 Å². The first-order valence-electron chi connectivity index (χ1n) is 10.4. The largest absolute Gasteiger partial charge is 0.488 e. The van der Waals surface area contributed by atoms with E-state index in [1.165, 1.54) is 12.1 Å². The molecule has 0 saturated heterocycles. The smallest absolute Gasteiger partial charge is 0.269 e. The van der Waals surface area contributed by atoms with Crippen LogP contribution in [0, 0.1) is 10.1 Å². The van der Waals surface area contributed by atoms with Gasteiger partial charge in [0.25, 0.3) is 5.69 Å². The van der Waals surface area contributed by atoms with Crippen molar-refractivity contribution >= 4 is 44.5 Å². The molecule has 0 heterocycles. The van der Waals surface area contributed by atoms with Crippen molar-refractivity contribution in [3.8, 4) is 5.75 Å². The molecule has 4 aromatic carbocycles. The van der Waals surface area contributed by atoms with Crippen LogP contribution in [0.1, 0.15) is 16.7 Å². The minimum absolute atomic E-state index is 0.0396. The maximum atomic E-state index is 12.4. The number of nitro benzene ring substituents is 1. The summed E-state index contributed by atoms with van der Waals surface area (Å²) < 4.78 is 6.51. The van der Waals surface area contributed by atoms with Gasteiger partial charge in [-0.15, -0.1) is 0 Å². The molecule has 0 atom stereocenters. The summed E-state index contributed by atoms with van der Waals surface area (Å²) >= 11 is 3.48. The van der Waals surface area contributed by atoms with Gasteiger partial charge in [-0.1, -0.05) is 42.5 Å². The van der Waals surface area contributed by atoms with E-state index < -0.39 is 4.92 Å². The topological polar surface area (TPSA) is 93.8 Å². The van der Waals surface area contributed by atoms with Crippen molar-refractivity contribution in [3.05, 3.63) is 116 Å². The van der Waals surface area contributed by atoms with E-state index >= 15 is 0 Å². The Kier molecular flexibility index (Phi) is 7.29. The molecule has 1 amide bonds. The number of amides is 1. The molecule has 0 aliphatic carbocycles. The second-order valence-corrected chi connectivity index (χ2v) is 8.36. The maximum Gasteiger partial charge on any atom is 0.269 e. The third-order valence-corrected chi connectivity index (χ3v) is 5.75. The van der Waals surface area contributed by atoms with Crippen molar-refractivity contribution in [1.82, 2.24) is 5.43 Å². The SMILES string of the molecule is O=C(Cc1cccc2ccccc12)N/N=C\c1ccc(OCc2ccc([N+](=O)[O-])cc2)c(Br)c1. The molecular formula is C26H20BrN3O4. The fourth-order valence-electron chi connectivity index (χ4n) is 3.43. The van der Waals surface area contributed by atoms with Crippen molar-refractivity contribution in [2.45, 2.75) is 13.0 Å². The number of nitrogens with zero attached hydrogens (tertiary/aromatic N) is 2. The third-order valence-electron chi connectivity index (χ3n) is 5.13. The fourth-order valence-corrected chi connectivity index (χ4v) is 3.94. The number of ether oxygens (including phenoxy) is 1. The summed E-state index contributed by atoms with van der Waals surface area (Å²) in [7, 11) is 0. The van der Waals surface area contributed by atoms with E-state index in [0.717, 1.165) is 31.9 Å². The molecule has 0 saturated carbocycles. The Morgan fingerprint density at radius 3 is 2.56 bits per heavy atom. The van der Waals surface area contributed by atoms with E-state index in [1.54, 1.807) is 24.4 Å². The normalized spacial score (nSPS) is 11.0. The summed E-state index contributed by atoms with van der Waals surface area (Å²) in [5.74, 6) is 0.421. The van der Waals surface area contributed by atoms with Gasteiger partial charge in [0.2, 0.25) is 5.91 Å². The van der Waals surface area contributed by atoms with Crippen molar-refractivity contribution in [1.29, 1.82) is 0 Å². The van der Waals surface area contributed by atoms with E-state index in [-0.39, 0.29) is 24.6 Å². The number of hydrogen-bond donors (Lipinski definition) is 1. The van der Waals surface area contributed by atoms with Crippen LogP contribution in [0.5, 0.6) is 5.75 Å². The van der Waals surface area contributed by atoms with Crippen LogP contribution in [0.3, 0.4) is 0 Å². The lowest BCUT2D eigenvalue weighted by molar-refractivity contribution is -0.384. The van der Waals surface area contributed by atoms with E-state index in [1.807, 2.05) is 54.6 Å². The molecule has 4 aromatic rings. The van der Waals surface area contributed by atoms with Crippen LogP contribution < -0.4 is 10.2 Å². The van der Waals surface area contributed by atoms with E-state index in [0.29, 0.717) is 5.75 Å². The number of fused-ring (bicyclic) bond motifs is 1. The minimum atomic E-state index is -0.437. The Hall–Kier alpha value is -4.04. The number of hydrazone groups is 1. The van der Waals surface area contributed by atoms with Gasteiger partial charge in [0.05, 0.1) is 22.0 Å². The number of nitro groups is 1. The van der Waals surface area contributed by atoms with Crippen LogP contribution >= 0.6 is 15.9 Å². The monoisotopic (exact) mass is 517 g/mol. The lowest BCUT2D eigenvalue weighted by atomic mass is 10.0. The Bertz CT molecular complexity index is 1370. The quantitative estimate of drug-likeness (QED) is 0.182. The first kappa shape index (κ1) is 23.1. The first-order chi connectivity index (χ1) is 16.5. The van der Waals surface area contributed by atoms with Crippen LogP contribution in [-0.4, -0.2) is 17.0 Å². The summed E-state index contributed by atoms with van der Waals surface area (Å²) in [6.07, 6.45) is 1.80. The van der Waals surface area contributed by atoms with Gasteiger partial charge in [0.15, 0.2) is 0 Å². The highest BCUT2D eigenvalue weighted by atomic mass is 79.9. The van der Waals surface area contributed by atoms with Gasteiger partial charge in [-0.05, 0) is 73.7 Å². The lowest BCUT2D eigenvalue weighted by Crippen LogP contribution is -2.19. The predicted octanol–water partition coefficient (Wildman–Crippen LogP) is 5.78. The molecule has 4 rings (SSSR count). The maximum absolute atomic E-state index is 12.4. The zero-order valence-electron chi connectivity index (χ0n) is 18.0. The van der Waals surface area contributed by atoms with Crippen molar-refractivity contribution < 1.29 is 14.5 Å². The van der Waals surface area contributed by atoms with Crippen molar-refractivity contribution in [2.75, 3.05) is 0 Å². The van der Waals surface area contributed by atoms with Gasteiger partial charge < -0.3 is 4.74 Å². The predicted molar refractivity (Wildman–Crippen MR) is 135 cm³/mol. The third kappa shape index (κ3) is 5.85. The Balaban J connectivity index is 1.32. The number of hydrogen-bond acceptors (Lipinski definition) is 5. The number of nitrogens with one attached hydrogen (secondary N) is 1. The van der Waals surface area contributed by atoms with Crippen molar-refractivity contribution in [2.24, 2.45) is 5.10 Å². The molecule has 0 fully saturated rings. The minimum Gasteiger partial charge on any atom is -0.488 e. The second kappa shape index (κ2) is 10.7. The molecule has 8 heteroatoms. The van der Waals surface area contributed by atoms with Gasteiger partial charge in [0.1, 0.15) is 12.4 Å². The molecule has 0 aliphatic rings. The highest BCUT2D eigenvalue weighted by Gasteiger charge is 2.08. The molecular weight excluding hydrogens is 498 g/mol. The first-order valence-corrected chi connectivity index (χ1v) is 11.2. The van der Waals surface area contributed by atoms with Gasteiger partial charge in [0, 0.05) is 12.1 Å². The standard InChI is InChI=1S/C26H20BrN3O4/c27-24-14-19(10-13-25(24)34-17-18-8-11-22(12-9-18)30(32)33)16-28-29-26(31)15-21-6-3-5-20-4-1-2-7-23(20)21/h1-14,16H,15,17H2,(H,29,31)/b28-16-. The molecule has 0 unspecified atom stereocenters. The molecule has 0 radical (unpaired) electrons. The number of halogens is 1. The molecule has 34 heavy (non-hydrogen) atoms. The van der Waals surface area contributed by atoms with Crippen molar-refractivity contribution in [3.63, 3.8) is 0 Å². The average Bonchev–Trinajstić information content (AvgIpc) is 2.84. The Morgan fingerprint density at radius 1 is 1.03 bits per heavy atom. The summed E-state index contributed by atoms with van der Waals surface area (Å²) in [6.45, 7) is 0.272. The van der Waals surface area contributed by atoms with Crippen LogP contribution in [0.2, 0.25) is 0 Å². The van der Waals surface area contributed by atoms with Gasteiger partial charge >= 0.3 is 0 Å². The van der Waals surface area contributed by atoms with E-state index in [4.69, 9.17) is 4.74 Å². The van der Waals surface area contributed by atoms with E-state index in [2.05, 4.69) is 26.5 Å². The number of rotatable bonds is 8. The number of benzene rings is 4. The van der Waals surface area contributed by atoms with E-state index in [9.17, 15) is 14.9 Å². The Labute approximate surface area is 204 Å². The zero-order chi connectivity index (χ0) is 23.9. The lowest BCUT2D eigenvalue weighted by Gasteiger charge is -2.09. The fraction of sp³-hybridized carbons (Fsp3) is 0.0769. The summed E-state index contributed by atoms with van der Waals surface area (Å²) in [4.78, 5) is 22.7. The Morgan fingerprint density at radius 2 is 1.79 bits per heavy atom. The number of non-ortho nitro benzene ring substituents is 1. The highest BCUT2D eigenvalue weighted by molar-refractivity contribution is 9.10. The van der Waals surface area contributed by atoms with Crippen LogP contribution in [0.4, 0.5) is 5.69 Å². The molecule has 0 aromatic heterocycles. The molecule has 7 nitrogen and oxygen atoms in total. The number of carbonyl (C=O) groups is 1. The highest BCUT2D eigenvalue weighted by Crippen LogP contribution is 2.26. The molecule has 0 bridgehead atoms. The zero-order valence-corrected chi connectivity index (χ0v) is 19.6.